The van der Waals surface area contributed by atoms with Crippen molar-refractivity contribution in [3.63, 3.8) is 0 Å². The van der Waals surface area contributed by atoms with E-state index in [0.29, 0.717) is 22.7 Å². The number of ketones is 1. The second-order valence-corrected chi connectivity index (χ2v) is 6.32. The van der Waals surface area contributed by atoms with Crippen LogP contribution in [0.3, 0.4) is 0 Å². The van der Waals surface area contributed by atoms with E-state index in [2.05, 4.69) is 35.8 Å². The van der Waals surface area contributed by atoms with Gasteiger partial charge in [0.25, 0.3) is 0 Å². The summed E-state index contributed by atoms with van der Waals surface area (Å²) < 4.78 is 0.819. The molecule has 2 aromatic carbocycles. The average molecular weight is 332 g/mol. The number of anilines is 1. The normalized spacial score (nSPS) is 10.8. The third-order valence-electron chi connectivity index (χ3n) is 3.02. The zero-order valence-electron chi connectivity index (χ0n) is 11.7. The van der Waals surface area contributed by atoms with Crippen LogP contribution in [0.2, 0.25) is 0 Å². The first kappa shape index (κ1) is 14.8. The molecule has 20 heavy (non-hydrogen) atoms. The monoisotopic (exact) mass is 331 g/mol. The fraction of sp³-hybridized carbons (Fsp3) is 0.235. The SMILES string of the molecule is CC(C)Cc1cccc(C(=O)c2cc(N)cc(Br)c2)c1. The van der Waals surface area contributed by atoms with Gasteiger partial charge in [-0.15, -0.1) is 0 Å². The van der Waals surface area contributed by atoms with Crippen LogP contribution in [0, 0.1) is 5.92 Å². The smallest absolute Gasteiger partial charge is 0.193 e. The van der Waals surface area contributed by atoms with E-state index in [4.69, 9.17) is 5.73 Å². The van der Waals surface area contributed by atoms with E-state index in [1.807, 2.05) is 18.2 Å². The van der Waals surface area contributed by atoms with Crippen LogP contribution in [-0.2, 0) is 6.42 Å². The lowest BCUT2D eigenvalue weighted by Gasteiger charge is -2.08. The van der Waals surface area contributed by atoms with Crippen molar-refractivity contribution in [2.45, 2.75) is 20.3 Å². The molecule has 0 amide bonds. The molecule has 2 aromatic rings. The lowest BCUT2D eigenvalue weighted by Crippen LogP contribution is -2.04. The molecular formula is C17H18BrNO. The molecule has 0 bridgehead atoms. The summed E-state index contributed by atoms with van der Waals surface area (Å²) in [6.07, 6.45) is 0.974. The van der Waals surface area contributed by atoms with Gasteiger partial charge in [-0.2, -0.15) is 0 Å². The molecule has 3 heteroatoms. The molecule has 104 valence electrons. The topological polar surface area (TPSA) is 43.1 Å². The molecule has 0 spiro atoms. The summed E-state index contributed by atoms with van der Waals surface area (Å²) in [4.78, 5) is 12.5. The zero-order chi connectivity index (χ0) is 14.7. The van der Waals surface area contributed by atoms with Gasteiger partial charge in [0.1, 0.15) is 0 Å². The maximum atomic E-state index is 12.5. The minimum absolute atomic E-state index is 0.00334. The van der Waals surface area contributed by atoms with Gasteiger partial charge >= 0.3 is 0 Å². The molecule has 0 fully saturated rings. The Balaban J connectivity index is 2.33. The summed E-state index contributed by atoms with van der Waals surface area (Å²) in [5, 5.41) is 0. The molecule has 0 aliphatic heterocycles. The minimum atomic E-state index is 0.00334. The first-order valence-electron chi connectivity index (χ1n) is 6.65. The Kier molecular flexibility index (Phi) is 4.61. The van der Waals surface area contributed by atoms with Crippen LogP contribution in [-0.4, -0.2) is 5.78 Å². The number of halogens is 1. The Morgan fingerprint density at radius 2 is 1.90 bits per heavy atom. The maximum absolute atomic E-state index is 12.5. The van der Waals surface area contributed by atoms with Gasteiger partial charge < -0.3 is 5.73 Å². The Morgan fingerprint density at radius 1 is 1.15 bits per heavy atom. The Labute approximate surface area is 128 Å². The van der Waals surface area contributed by atoms with E-state index < -0.39 is 0 Å². The lowest BCUT2D eigenvalue weighted by atomic mass is 9.97. The van der Waals surface area contributed by atoms with Gasteiger partial charge in [0.15, 0.2) is 5.78 Å². The highest BCUT2D eigenvalue weighted by atomic mass is 79.9. The van der Waals surface area contributed by atoms with Crippen molar-refractivity contribution in [2.75, 3.05) is 5.73 Å². The van der Waals surface area contributed by atoms with Gasteiger partial charge in [0.05, 0.1) is 0 Å². The summed E-state index contributed by atoms with van der Waals surface area (Å²) in [7, 11) is 0. The largest absolute Gasteiger partial charge is 0.399 e. The van der Waals surface area contributed by atoms with E-state index in [-0.39, 0.29) is 5.78 Å². The number of rotatable bonds is 4. The summed E-state index contributed by atoms with van der Waals surface area (Å²) in [5.41, 5.74) is 8.88. The number of carbonyl (C=O) groups excluding carboxylic acids is 1. The molecule has 0 atom stereocenters. The molecule has 0 heterocycles. The molecule has 0 aromatic heterocycles. The molecule has 0 aliphatic carbocycles. The third kappa shape index (κ3) is 3.70. The van der Waals surface area contributed by atoms with Gasteiger partial charge in [0, 0.05) is 21.3 Å². The van der Waals surface area contributed by atoms with Crippen molar-refractivity contribution < 1.29 is 4.79 Å². The van der Waals surface area contributed by atoms with Gasteiger partial charge in [-0.05, 0) is 42.2 Å². The quantitative estimate of drug-likeness (QED) is 0.663. The van der Waals surface area contributed by atoms with E-state index in [1.54, 1.807) is 18.2 Å². The highest BCUT2D eigenvalue weighted by Crippen LogP contribution is 2.20. The number of hydrogen-bond acceptors (Lipinski definition) is 2. The van der Waals surface area contributed by atoms with Gasteiger partial charge in [-0.1, -0.05) is 48.0 Å². The van der Waals surface area contributed by atoms with Crippen LogP contribution in [0.5, 0.6) is 0 Å². The van der Waals surface area contributed by atoms with Crippen molar-refractivity contribution in [1.29, 1.82) is 0 Å². The number of carbonyl (C=O) groups is 1. The second kappa shape index (κ2) is 6.23. The molecule has 0 aliphatic rings. The Hall–Kier alpha value is -1.61. The molecule has 0 unspecified atom stereocenters. The summed E-state index contributed by atoms with van der Waals surface area (Å²) >= 11 is 3.37. The van der Waals surface area contributed by atoms with E-state index in [9.17, 15) is 4.79 Å². The molecule has 2 nitrogen and oxygen atoms in total. The first-order chi connectivity index (χ1) is 9.45. The van der Waals surface area contributed by atoms with Gasteiger partial charge in [0.2, 0.25) is 0 Å². The molecule has 2 rings (SSSR count). The standard InChI is InChI=1S/C17H18BrNO/c1-11(2)6-12-4-3-5-13(7-12)17(20)14-8-15(18)10-16(19)9-14/h3-5,7-11H,6,19H2,1-2H3. The van der Waals surface area contributed by atoms with Crippen LogP contribution in [0.25, 0.3) is 0 Å². The van der Waals surface area contributed by atoms with E-state index in [1.165, 1.54) is 5.56 Å². The van der Waals surface area contributed by atoms with Crippen molar-refractivity contribution in [2.24, 2.45) is 5.92 Å². The Bertz CT molecular complexity index is 614. The van der Waals surface area contributed by atoms with Crippen LogP contribution < -0.4 is 5.73 Å². The van der Waals surface area contributed by atoms with Crippen molar-refractivity contribution in [3.05, 3.63) is 63.6 Å². The van der Waals surface area contributed by atoms with Gasteiger partial charge in [-0.25, -0.2) is 0 Å². The molecule has 2 N–H and O–H groups in total. The van der Waals surface area contributed by atoms with Crippen LogP contribution in [0.4, 0.5) is 5.69 Å². The van der Waals surface area contributed by atoms with Crippen LogP contribution in [0.15, 0.2) is 46.9 Å². The number of benzene rings is 2. The first-order valence-corrected chi connectivity index (χ1v) is 7.44. The number of nitrogen functional groups attached to an aromatic ring is 1. The molecule has 0 saturated heterocycles. The van der Waals surface area contributed by atoms with Crippen molar-refractivity contribution in [1.82, 2.24) is 0 Å². The summed E-state index contributed by atoms with van der Waals surface area (Å²) in [5.74, 6) is 0.575. The zero-order valence-corrected chi connectivity index (χ0v) is 13.3. The fourth-order valence-electron chi connectivity index (χ4n) is 2.22. The maximum Gasteiger partial charge on any atom is 0.193 e. The molecular weight excluding hydrogens is 314 g/mol. The molecule has 0 saturated carbocycles. The summed E-state index contributed by atoms with van der Waals surface area (Å²) in [6.45, 7) is 4.34. The van der Waals surface area contributed by atoms with Crippen molar-refractivity contribution >= 4 is 27.4 Å². The van der Waals surface area contributed by atoms with E-state index >= 15 is 0 Å². The summed E-state index contributed by atoms with van der Waals surface area (Å²) in [6, 6.07) is 13.1. The Morgan fingerprint density at radius 3 is 2.55 bits per heavy atom. The lowest BCUT2D eigenvalue weighted by molar-refractivity contribution is 0.103. The van der Waals surface area contributed by atoms with E-state index in [0.717, 1.165) is 10.9 Å². The van der Waals surface area contributed by atoms with Gasteiger partial charge in [-0.3, -0.25) is 4.79 Å². The highest BCUT2D eigenvalue weighted by Gasteiger charge is 2.11. The second-order valence-electron chi connectivity index (χ2n) is 5.40. The minimum Gasteiger partial charge on any atom is -0.399 e. The predicted octanol–water partition coefficient (Wildman–Crippen LogP) is 4.46. The van der Waals surface area contributed by atoms with Crippen molar-refractivity contribution in [3.8, 4) is 0 Å². The average Bonchev–Trinajstić information content (AvgIpc) is 2.36. The predicted molar refractivity (Wildman–Crippen MR) is 87.0 cm³/mol. The molecule has 0 radical (unpaired) electrons. The number of nitrogens with two attached hydrogens (primary N) is 1. The number of hydrogen-bond donors (Lipinski definition) is 1. The van der Waals surface area contributed by atoms with Crippen LogP contribution in [0.1, 0.15) is 35.3 Å². The fourth-order valence-corrected chi connectivity index (χ4v) is 2.73. The third-order valence-corrected chi connectivity index (χ3v) is 3.47. The van der Waals surface area contributed by atoms with Crippen LogP contribution >= 0.6 is 15.9 Å². The highest BCUT2D eigenvalue weighted by molar-refractivity contribution is 9.10.